The first-order valence-corrected chi connectivity index (χ1v) is 8.83. The fourth-order valence-corrected chi connectivity index (χ4v) is 3.30. The molecular formula is C16H18ClN3S. The van der Waals surface area contributed by atoms with Gasteiger partial charge in [-0.1, -0.05) is 41.9 Å². The maximum atomic E-state index is 6.36. The van der Waals surface area contributed by atoms with Crippen LogP contribution in [0.3, 0.4) is 0 Å². The van der Waals surface area contributed by atoms with Gasteiger partial charge in [0.15, 0.2) is 0 Å². The molecule has 0 radical (unpaired) electrons. The molecule has 2 aromatic rings. The van der Waals surface area contributed by atoms with Crippen molar-refractivity contribution in [3.8, 4) is 0 Å². The average molecular weight is 320 g/mol. The lowest BCUT2D eigenvalue weighted by atomic mass is 10.1. The molecule has 110 valence electrons. The van der Waals surface area contributed by atoms with Gasteiger partial charge in [0.25, 0.3) is 0 Å². The first kappa shape index (κ1) is 14.8. The molecule has 0 N–H and O–H groups in total. The molecule has 0 fully saturated rings. The summed E-state index contributed by atoms with van der Waals surface area (Å²) >= 11 is 8.09. The van der Waals surface area contributed by atoms with Crippen molar-refractivity contribution in [2.45, 2.75) is 25.3 Å². The second-order valence-corrected chi connectivity index (χ2v) is 6.46. The molecule has 1 aromatic carbocycles. The molecule has 1 aliphatic rings. The highest BCUT2D eigenvalue weighted by molar-refractivity contribution is 7.97. The minimum Gasteiger partial charge on any atom is -0.294 e. The molecule has 3 rings (SSSR count). The van der Waals surface area contributed by atoms with Gasteiger partial charge in [0.1, 0.15) is 11.0 Å². The van der Waals surface area contributed by atoms with Crippen LogP contribution in [0.2, 0.25) is 5.15 Å². The zero-order chi connectivity index (χ0) is 14.7. The predicted octanol–water partition coefficient (Wildman–Crippen LogP) is 3.55. The second kappa shape index (κ2) is 6.77. The Labute approximate surface area is 134 Å². The van der Waals surface area contributed by atoms with Gasteiger partial charge in [0, 0.05) is 31.6 Å². The number of rotatable bonds is 4. The SMILES string of the molecule is CSCc1nc(Cl)c2c(n1)CCN(Cc1ccccc1)C2. The smallest absolute Gasteiger partial charge is 0.140 e. The van der Waals surface area contributed by atoms with E-state index in [-0.39, 0.29) is 0 Å². The highest BCUT2D eigenvalue weighted by Crippen LogP contribution is 2.25. The molecule has 21 heavy (non-hydrogen) atoms. The molecule has 0 atom stereocenters. The minimum absolute atomic E-state index is 0.627. The van der Waals surface area contributed by atoms with E-state index in [9.17, 15) is 0 Å². The van der Waals surface area contributed by atoms with Crippen LogP contribution in [0, 0.1) is 0 Å². The summed E-state index contributed by atoms with van der Waals surface area (Å²) in [6, 6.07) is 10.5. The number of hydrogen-bond acceptors (Lipinski definition) is 4. The average Bonchev–Trinajstić information content (AvgIpc) is 2.49. The van der Waals surface area contributed by atoms with E-state index in [0.29, 0.717) is 5.15 Å². The molecule has 3 nitrogen and oxygen atoms in total. The van der Waals surface area contributed by atoms with Gasteiger partial charge < -0.3 is 0 Å². The fourth-order valence-electron chi connectivity index (χ4n) is 2.65. The third-order valence-corrected chi connectivity index (χ3v) is 4.52. The number of aromatic nitrogens is 2. The number of fused-ring (bicyclic) bond motifs is 1. The minimum atomic E-state index is 0.627. The van der Waals surface area contributed by atoms with Gasteiger partial charge in [-0.25, -0.2) is 9.97 Å². The Morgan fingerprint density at radius 3 is 2.81 bits per heavy atom. The third kappa shape index (κ3) is 3.57. The van der Waals surface area contributed by atoms with Crippen LogP contribution in [-0.4, -0.2) is 27.7 Å². The largest absolute Gasteiger partial charge is 0.294 e. The lowest BCUT2D eigenvalue weighted by Crippen LogP contribution is -2.31. The number of benzene rings is 1. The summed E-state index contributed by atoms with van der Waals surface area (Å²) in [5.41, 5.74) is 3.56. The Balaban J connectivity index is 1.76. The summed E-state index contributed by atoms with van der Waals surface area (Å²) in [6.07, 6.45) is 3.00. The molecule has 0 amide bonds. The van der Waals surface area contributed by atoms with Crippen molar-refractivity contribution < 1.29 is 0 Å². The Bertz CT molecular complexity index is 618. The van der Waals surface area contributed by atoms with Crippen molar-refractivity contribution in [1.82, 2.24) is 14.9 Å². The van der Waals surface area contributed by atoms with E-state index in [0.717, 1.165) is 48.9 Å². The Hall–Kier alpha value is -1.10. The molecule has 5 heteroatoms. The number of hydrogen-bond donors (Lipinski definition) is 0. The number of halogens is 1. The van der Waals surface area contributed by atoms with Gasteiger partial charge in [-0.2, -0.15) is 11.8 Å². The number of thioether (sulfide) groups is 1. The lowest BCUT2D eigenvalue weighted by molar-refractivity contribution is 0.242. The third-order valence-electron chi connectivity index (χ3n) is 3.66. The topological polar surface area (TPSA) is 29.0 Å². The van der Waals surface area contributed by atoms with Gasteiger partial charge in [0.2, 0.25) is 0 Å². The van der Waals surface area contributed by atoms with E-state index < -0.39 is 0 Å². The molecule has 2 heterocycles. The quantitative estimate of drug-likeness (QED) is 0.806. The molecular weight excluding hydrogens is 302 g/mol. The maximum Gasteiger partial charge on any atom is 0.140 e. The molecule has 0 aliphatic carbocycles. The Morgan fingerprint density at radius 2 is 2.05 bits per heavy atom. The van der Waals surface area contributed by atoms with Gasteiger partial charge in [-0.05, 0) is 11.8 Å². The zero-order valence-electron chi connectivity index (χ0n) is 12.1. The van der Waals surface area contributed by atoms with E-state index in [1.807, 2.05) is 6.07 Å². The van der Waals surface area contributed by atoms with Crippen molar-refractivity contribution in [3.05, 3.63) is 58.1 Å². The molecule has 1 aliphatic heterocycles. The first-order valence-electron chi connectivity index (χ1n) is 7.05. The van der Waals surface area contributed by atoms with Crippen molar-refractivity contribution in [2.24, 2.45) is 0 Å². The van der Waals surface area contributed by atoms with Crippen LogP contribution in [-0.2, 0) is 25.3 Å². The highest BCUT2D eigenvalue weighted by Gasteiger charge is 2.21. The van der Waals surface area contributed by atoms with Crippen LogP contribution in [0.25, 0.3) is 0 Å². The van der Waals surface area contributed by atoms with E-state index in [4.69, 9.17) is 11.6 Å². The van der Waals surface area contributed by atoms with Crippen molar-refractivity contribution in [2.75, 3.05) is 12.8 Å². The molecule has 0 bridgehead atoms. The van der Waals surface area contributed by atoms with Crippen LogP contribution in [0.4, 0.5) is 0 Å². The molecule has 0 spiro atoms. The summed E-state index contributed by atoms with van der Waals surface area (Å²) in [5.74, 6) is 1.67. The van der Waals surface area contributed by atoms with Crippen LogP contribution in [0.1, 0.15) is 22.6 Å². The Morgan fingerprint density at radius 1 is 1.24 bits per heavy atom. The standard InChI is InChI=1S/C16H18ClN3S/c1-21-11-15-18-14-7-8-20(10-13(14)16(17)19-15)9-12-5-3-2-4-6-12/h2-6H,7-11H2,1H3. The molecule has 0 unspecified atom stereocenters. The Kier molecular flexibility index (Phi) is 4.78. The summed E-state index contributed by atoms with van der Waals surface area (Å²) in [4.78, 5) is 11.5. The highest BCUT2D eigenvalue weighted by atomic mass is 35.5. The second-order valence-electron chi connectivity index (χ2n) is 5.24. The van der Waals surface area contributed by atoms with Gasteiger partial charge in [-0.3, -0.25) is 4.90 Å². The monoisotopic (exact) mass is 319 g/mol. The van der Waals surface area contributed by atoms with Gasteiger partial charge in [0.05, 0.1) is 11.4 Å². The van der Waals surface area contributed by atoms with Crippen molar-refractivity contribution >= 4 is 23.4 Å². The van der Waals surface area contributed by atoms with Crippen molar-refractivity contribution in [1.29, 1.82) is 0 Å². The summed E-state index contributed by atoms with van der Waals surface area (Å²) < 4.78 is 0. The molecule has 1 aromatic heterocycles. The lowest BCUT2D eigenvalue weighted by Gasteiger charge is -2.28. The van der Waals surface area contributed by atoms with Gasteiger partial charge >= 0.3 is 0 Å². The molecule has 0 saturated heterocycles. The van der Waals surface area contributed by atoms with E-state index in [1.165, 1.54) is 5.56 Å². The summed E-state index contributed by atoms with van der Waals surface area (Å²) in [6.45, 7) is 2.81. The van der Waals surface area contributed by atoms with Crippen LogP contribution in [0.15, 0.2) is 30.3 Å². The molecule has 0 saturated carbocycles. The van der Waals surface area contributed by atoms with Crippen molar-refractivity contribution in [3.63, 3.8) is 0 Å². The maximum absolute atomic E-state index is 6.36. The first-order chi connectivity index (χ1) is 10.3. The summed E-state index contributed by atoms with van der Waals surface area (Å²) in [7, 11) is 0. The predicted molar refractivity (Wildman–Crippen MR) is 88.5 cm³/mol. The van der Waals surface area contributed by atoms with Gasteiger partial charge in [-0.15, -0.1) is 0 Å². The van der Waals surface area contributed by atoms with E-state index >= 15 is 0 Å². The zero-order valence-corrected chi connectivity index (χ0v) is 13.6. The fraction of sp³-hybridized carbons (Fsp3) is 0.375. The van der Waals surface area contributed by atoms with E-state index in [2.05, 4.69) is 45.4 Å². The van der Waals surface area contributed by atoms with Crippen LogP contribution in [0.5, 0.6) is 0 Å². The number of nitrogens with zero attached hydrogens (tertiary/aromatic N) is 3. The summed E-state index contributed by atoms with van der Waals surface area (Å²) in [5, 5.41) is 0.627. The van der Waals surface area contributed by atoms with E-state index in [1.54, 1.807) is 11.8 Å². The van der Waals surface area contributed by atoms with Crippen LogP contribution < -0.4 is 0 Å². The van der Waals surface area contributed by atoms with Crippen LogP contribution >= 0.6 is 23.4 Å². The normalized spacial score (nSPS) is 15.0.